The zero-order valence-electron chi connectivity index (χ0n) is 12.8. The fourth-order valence-corrected chi connectivity index (χ4v) is 2.86. The van der Waals surface area contributed by atoms with E-state index in [1.807, 2.05) is 30.7 Å². The van der Waals surface area contributed by atoms with E-state index in [0.29, 0.717) is 5.52 Å². The van der Waals surface area contributed by atoms with Gasteiger partial charge in [-0.15, -0.1) is 12.4 Å². The van der Waals surface area contributed by atoms with E-state index >= 15 is 0 Å². The van der Waals surface area contributed by atoms with E-state index in [1.165, 1.54) is 4.57 Å². The van der Waals surface area contributed by atoms with Crippen LogP contribution in [0.25, 0.3) is 10.9 Å². The number of aryl methyl sites for hydroxylation is 2. The Morgan fingerprint density at radius 2 is 2.05 bits per heavy atom. The molecule has 0 aromatic carbocycles. The van der Waals surface area contributed by atoms with Gasteiger partial charge in [0.1, 0.15) is 5.52 Å². The van der Waals surface area contributed by atoms with Gasteiger partial charge in [0.25, 0.3) is 5.56 Å². The van der Waals surface area contributed by atoms with Crippen LogP contribution >= 0.6 is 12.4 Å². The minimum Gasteiger partial charge on any atom is -0.343 e. The van der Waals surface area contributed by atoms with Crippen molar-refractivity contribution in [1.82, 2.24) is 19.8 Å². The van der Waals surface area contributed by atoms with Crippen molar-refractivity contribution in [1.29, 1.82) is 0 Å². The van der Waals surface area contributed by atoms with Crippen LogP contribution in [0.15, 0.2) is 23.1 Å². The summed E-state index contributed by atoms with van der Waals surface area (Å²) in [5, 5.41) is 7.06. The number of fused-ring (bicyclic) bond motifs is 1. The van der Waals surface area contributed by atoms with Crippen molar-refractivity contribution >= 4 is 29.3 Å². The van der Waals surface area contributed by atoms with Crippen molar-refractivity contribution in [2.24, 2.45) is 7.05 Å². The largest absolute Gasteiger partial charge is 0.343 e. The quantitative estimate of drug-likeness (QED) is 0.832. The van der Waals surface area contributed by atoms with E-state index in [1.54, 1.807) is 6.20 Å². The zero-order valence-corrected chi connectivity index (χ0v) is 13.6. The first-order valence-corrected chi connectivity index (χ1v) is 7.27. The topological polar surface area (TPSA) is 68.1 Å². The molecule has 22 heavy (non-hydrogen) atoms. The second kappa shape index (κ2) is 6.54. The van der Waals surface area contributed by atoms with Crippen LogP contribution < -0.4 is 16.2 Å². The number of aromatic nitrogens is 2. The van der Waals surface area contributed by atoms with Crippen molar-refractivity contribution in [2.75, 3.05) is 13.1 Å². The highest BCUT2D eigenvalue weighted by molar-refractivity contribution is 5.85. The van der Waals surface area contributed by atoms with Crippen molar-refractivity contribution in [3.63, 3.8) is 0 Å². The second-order valence-electron chi connectivity index (χ2n) is 5.61. The van der Waals surface area contributed by atoms with E-state index in [4.69, 9.17) is 0 Å². The number of rotatable bonds is 1. The summed E-state index contributed by atoms with van der Waals surface area (Å²) in [6.45, 7) is 3.74. The molecule has 0 bridgehead atoms. The third-order valence-electron chi connectivity index (χ3n) is 4.21. The molecule has 1 aliphatic heterocycles. The van der Waals surface area contributed by atoms with Gasteiger partial charge in [-0.05, 0) is 45.0 Å². The summed E-state index contributed by atoms with van der Waals surface area (Å²) in [4.78, 5) is 24.8. The number of halogens is 1. The molecule has 1 amide bonds. The summed E-state index contributed by atoms with van der Waals surface area (Å²) in [7, 11) is 1.84. The van der Waals surface area contributed by atoms with Crippen LogP contribution in [-0.4, -0.2) is 34.3 Å². The smallest absolute Gasteiger partial charge is 0.328 e. The molecule has 2 aromatic rings. The fourth-order valence-electron chi connectivity index (χ4n) is 2.86. The molecule has 6 nitrogen and oxygen atoms in total. The van der Waals surface area contributed by atoms with E-state index in [9.17, 15) is 9.59 Å². The van der Waals surface area contributed by atoms with E-state index in [2.05, 4.69) is 10.6 Å². The molecule has 2 aromatic heterocycles. The molecule has 2 N–H and O–H groups in total. The van der Waals surface area contributed by atoms with Gasteiger partial charge in [-0.2, -0.15) is 0 Å². The molecule has 0 unspecified atom stereocenters. The van der Waals surface area contributed by atoms with Crippen LogP contribution in [0.4, 0.5) is 4.79 Å². The van der Waals surface area contributed by atoms with Crippen molar-refractivity contribution in [3.05, 3.63) is 34.4 Å². The number of nitrogens with zero attached hydrogens (tertiary/aromatic N) is 2. The maximum absolute atomic E-state index is 12.5. The molecule has 0 spiro atoms. The Kier molecular flexibility index (Phi) is 4.93. The zero-order chi connectivity index (χ0) is 15.0. The minimum atomic E-state index is -0.340. The summed E-state index contributed by atoms with van der Waals surface area (Å²) in [6, 6.07) is 3.56. The SMILES string of the molecule is Cc1cc2ccn(C(=O)NC3CCNCC3)c(=O)c2n1C.Cl. The van der Waals surface area contributed by atoms with Crippen LogP contribution in [0.1, 0.15) is 18.5 Å². The normalized spacial score (nSPS) is 15.5. The third kappa shape index (κ3) is 2.89. The average molecular weight is 325 g/mol. The predicted molar refractivity (Wildman–Crippen MR) is 89.0 cm³/mol. The van der Waals surface area contributed by atoms with Crippen LogP contribution in [0, 0.1) is 6.92 Å². The molecule has 0 aliphatic carbocycles. The van der Waals surface area contributed by atoms with Gasteiger partial charge in [0, 0.05) is 30.4 Å². The molecule has 3 rings (SSSR count). The maximum atomic E-state index is 12.5. The number of hydrogen-bond acceptors (Lipinski definition) is 3. The molecule has 3 heterocycles. The number of pyridine rings is 1. The lowest BCUT2D eigenvalue weighted by Gasteiger charge is -2.23. The molecule has 1 saturated heterocycles. The van der Waals surface area contributed by atoms with Gasteiger partial charge in [-0.1, -0.05) is 0 Å². The highest BCUT2D eigenvalue weighted by Gasteiger charge is 2.18. The Bertz CT molecular complexity index is 744. The van der Waals surface area contributed by atoms with Crippen molar-refractivity contribution in [3.8, 4) is 0 Å². The van der Waals surface area contributed by atoms with Gasteiger partial charge in [0.05, 0.1) is 0 Å². The van der Waals surface area contributed by atoms with E-state index in [-0.39, 0.29) is 30.0 Å². The first-order chi connectivity index (χ1) is 10.1. The maximum Gasteiger partial charge on any atom is 0.328 e. The molecule has 1 aliphatic rings. The third-order valence-corrected chi connectivity index (χ3v) is 4.21. The Morgan fingerprint density at radius 1 is 1.36 bits per heavy atom. The average Bonchev–Trinajstić information content (AvgIpc) is 2.76. The number of carbonyl (C=O) groups is 1. The fraction of sp³-hybridized carbons (Fsp3) is 0.467. The summed E-state index contributed by atoms with van der Waals surface area (Å²) in [6.07, 6.45) is 3.35. The van der Waals surface area contributed by atoms with E-state index in [0.717, 1.165) is 37.0 Å². The Labute approximate surface area is 134 Å². The Hall–Kier alpha value is -1.79. The van der Waals surface area contributed by atoms with Gasteiger partial charge in [0.2, 0.25) is 0 Å². The summed E-state index contributed by atoms with van der Waals surface area (Å²) in [5.74, 6) is 0. The lowest BCUT2D eigenvalue weighted by atomic mass is 10.1. The molecule has 120 valence electrons. The number of amides is 1. The summed E-state index contributed by atoms with van der Waals surface area (Å²) < 4.78 is 3.00. The molecular weight excluding hydrogens is 304 g/mol. The predicted octanol–water partition coefficient (Wildman–Crippen LogP) is 1.38. The Balaban J connectivity index is 0.00000176. The van der Waals surface area contributed by atoms with Crippen molar-refractivity contribution < 1.29 is 4.79 Å². The van der Waals surface area contributed by atoms with Crippen LogP contribution in [0.3, 0.4) is 0 Å². The number of piperidine rings is 1. The van der Waals surface area contributed by atoms with Crippen LogP contribution in [-0.2, 0) is 7.05 Å². The molecule has 1 fully saturated rings. The standard InChI is InChI=1S/C15H20N4O2.ClH/c1-10-9-11-5-8-19(14(20)13(11)18(10)2)15(21)17-12-3-6-16-7-4-12;/h5,8-9,12,16H,3-4,6-7H2,1-2H3,(H,17,21);1H. The van der Waals surface area contributed by atoms with Crippen LogP contribution in [0.5, 0.6) is 0 Å². The lowest BCUT2D eigenvalue weighted by Crippen LogP contribution is -2.46. The number of carbonyl (C=O) groups excluding carboxylic acids is 1. The summed E-state index contributed by atoms with van der Waals surface area (Å²) >= 11 is 0. The number of hydrogen-bond donors (Lipinski definition) is 2. The van der Waals surface area contributed by atoms with Crippen LogP contribution in [0.2, 0.25) is 0 Å². The first-order valence-electron chi connectivity index (χ1n) is 7.27. The molecular formula is C15H21ClN4O2. The monoisotopic (exact) mass is 324 g/mol. The van der Waals surface area contributed by atoms with Gasteiger partial charge in [-0.25, -0.2) is 9.36 Å². The minimum absolute atomic E-state index is 0. The Morgan fingerprint density at radius 3 is 2.73 bits per heavy atom. The van der Waals surface area contributed by atoms with Crippen molar-refractivity contribution in [2.45, 2.75) is 25.8 Å². The van der Waals surface area contributed by atoms with Gasteiger partial charge in [0.15, 0.2) is 0 Å². The highest BCUT2D eigenvalue weighted by Crippen LogP contribution is 2.14. The molecule has 0 atom stereocenters. The van der Waals surface area contributed by atoms with Gasteiger partial charge in [-0.3, -0.25) is 4.79 Å². The molecule has 0 radical (unpaired) electrons. The first kappa shape index (κ1) is 16.6. The molecule has 7 heteroatoms. The number of nitrogens with one attached hydrogen (secondary N) is 2. The summed E-state index contributed by atoms with van der Waals surface area (Å²) in [5.41, 5.74) is 1.30. The van der Waals surface area contributed by atoms with Gasteiger partial charge < -0.3 is 15.2 Å². The lowest BCUT2D eigenvalue weighted by molar-refractivity contribution is 0.234. The van der Waals surface area contributed by atoms with E-state index < -0.39 is 0 Å². The second-order valence-corrected chi connectivity index (χ2v) is 5.61. The highest BCUT2D eigenvalue weighted by atomic mass is 35.5. The molecule has 0 saturated carbocycles. The van der Waals surface area contributed by atoms with Gasteiger partial charge >= 0.3 is 6.03 Å².